The Morgan fingerprint density at radius 1 is 1.48 bits per heavy atom. The summed E-state index contributed by atoms with van der Waals surface area (Å²) in [6, 6.07) is 4.08. The predicted octanol–water partition coefficient (Wildman–Crippen LogP) is 1.60. The van der Waals surface area contributed by atoms with Crippen molar-refractivity contribution in [2.75, 3.05) is 13.7 Å². The van der Waals surface area contributed by atoms with Gasteiger partial charge < -0.3 is 15.8 Å². The molecule has 0 radical (unpaired) electrons. The number of amides is 1. The molecule has 1 aliphatic rings. The SMILES string of the molecule is COc1cc(C(=O)NC2(CN)CCCC2)ccc1[N+](=O)[O-]. The third-order valence-corrected chi connectivity index (χ3v) is 3.97. The number of carbonyl (C=O) groups is 1. The molecule has 1 aliphatic carbocycles. The zero-order valence-electron chi connectivity index (χ0n) is 11.9. The molecule has 0 bridgehead atoms. The van der Waals surface area contributed by atoms with Gasteiger partial charge in [-0.3, -0.25) is 14.9 Å². The summed E-state index contributed by atoms with van der Waals surface area (Å²) in [5, 5.41) is 13.8. The second kappa shape index (κ2) is 6.09. The number of nitro groups is 1. The van der Waals surface area contributed by atoms with Gasteiger partial charge in [0.1, 0.15) is 0 Å². The molecule has 1 amide bonds. The Kier molecular flexibility index (Phi) is 4.42. The van der Waals surface area contributed by atoms with E-state index < -0.39 is 4.92 Å². The molecule has 114 valence electrons. The van der Waals surface area contributed by atoms with Crippen LogP contribution in [0.1, 0.15) is 36.0 Å². The molecule has 0 unspecified atom stereocenters. The summed E-state index contributed by atoms with van der Waals surface area (Å²) in [5.74, 6) is -0.212. The van der Waals surface area contributed by atoms with Crippen molar-refractivity contribution in [2.24, 2.45) is 5.73 Å². The van der Waals surface area contributed by atoms with Crippen molar-refractivity contribution in [3.63, 3.8) is 0 Å². The number of rotatable bonds is 5. The molecule has 0 spiro atoms. The Morgan fingerprint density at radius 2 is 2.14 bits per heavy atom. The van der Waals surface area contributed by atoms with Crippen molar-refractivity contribution in [2.45, 2.75) is 31.2 Å². The minimum Gasteiger partial charge on any atom is -0.490 e. The van der Waals surface area contributed by atoms with Gasteiger partial charge in [-0.15, -0.1) is 0 Å². The van der Waals surface area contributed by atoms with Crippen LogP contribution in [0.2, 0.25) is 0 Å². The van der Waals surface area contributed by atoms with Crippen molar-refractivity contribution in [3.8, 4) is 5.75 Å². The molecule has 2 rings (SSSR count). The molecule has 1 aromatic carbocycles. The Balaban J connectivity index is 2.21. The first kappa shape index (κ1) is 15.2. The number of hydrogen-bond donors (Lipinski definition) is 2. The van der Waals surface area contributed by atoms with E-state index in [-0.39, 0.29) is 22.9 Å². The highest BCUT2D eigenvalue weighted by Crippen LogP contribution is 2.30. The van der Waals surface area contributed by atoms with Gasteiger partial charge in [-0.25, -0.2) is 0 Å². The lowest BCUT2D eigenvalue weighted by atomic mass is 9.97. The number of nitrogens with two attached hydrogens (primary N) is 1. The number of carbonyl (C=O) groups excluding carboxylic acids is 1. The van der Waals surface area contributed by atoms with Crippen LogP contribution in [0.15, 0.2) is 18.2 Å². The van der Waals surface area contributed by atoms with E-state index >= 15 is 0 Å². The molecular formula is C14H19N3O4. The number of ether oxygens (including phenoxy) is 1. The first-order chi connectivity index (χ1) is 10.0. The van der Waals surface area contributed by atoms with Crippen molar-refractivity contribution >= 4 is 11.6 Å². The fourth-order valence-corrected chi connectivity index (χ4v) is 2.71. The van der Waals surface area contributed by atoms with Gasteiger partial charge >= 0.3 is 5.69 Å². The average molecular weight is 293 g/mol. The van der Waals surface area contributed by atoms with Gasteiger partial charge in [0, 0.05) is 24.2 Å². The molecular weight excluding hydrogens is 274 g/mol. The molecule has 0 aromatic heterocycles. The molecule has 7 heteroatoms. The fraction of sp³-hybridized carbons (Fsp3) is 0.500. The summed E-state index contributed by atoms with van der Waals surface area (Å²) in [7, 11) is 1.34. The van der Waals surface area contributed by atoms with Crippen molar-refractivity contribution in [1.82, 2.24) is 5.32 Å². The molecule has 1 fully saturated rings. The molecule has 7 nitrogen and oxygen atoms in total. The number of nitro benzene ring substituents is 1. The Labute approximate surface area is 122 Å². The van der Waals surface area contributed by atoms with Gasteiger partial charge in [-0.05, 0) is 18.9 Å². The number of methoxy groups -OCH3 is 1. The summed E-state index contributed by atoms with van der Waals surface area (Å²) in [6.45, 7) is 0.392. The average Bonchev–Trinajstić information content (AvgIpc) is 2.95. The van der Waals surface area contributed by atoms with Crippen molar-refractivity contribution in [1.29, 1.82) is 0 Å². The summed E-state index contributed by atoms with van der Waals surface area (Å²) >= 11 is 0. The molecule has 0 aliphatic heterocycles. The topological polar surface area (TPSA) is 107 Å². The van der Waals surface area contributed by atoms with Gasteiger partial charge in [0.05, 0.1) is 17.6 Å². The number of nitrogens with zero attached hydrogens (tertiary/aromatic N) is 1. The van der Waals surface area contributed by atoms with E-state index in [1.807, 2.05) is 0 Å². The minimum atomic E-state index is -0.543. The smallest absolute Gasteiger partial charge is 0.310 e. The van der Waals surface area contributed by atoms with Crippen molar-refractivity contribution in [3.05, 3.63) is 33.9 Å². The zero-order valence-corrected chi connectivity index (χ0v) is 11.9. The summed E-state index contributed by atoms with van der Waals surface area (Å²) < 4.78 is 4.97. The van der Waals surface area contributed by atoms with Crippen LogP contribution < -0.4 is 15.8 Å². The van der Waals surface area contributed by atoms with Gasteiger partial charge in [-0.2, -0.15) is 0 Å². The van der Waals surface area contributed by atoms with Crippen LogP contribution in [0, 0.1) is 10.1 Å². The maximum Gasteiger partial charge on any atom is 0.310 e. The monoisotopic (exact) mass is 293 g/mol. The number of nitrogens with one attached hydrogen (secondary N) is 1. The Hall–Kier alpha value is -2.15. The van der Waals surface area contributed by atoms with Crippen LogP contribution in [-0.4, -0.2) is 30.0 Å². The normalized spacial score (nSPS) is 16.5. The molecule has 0 saturated heterocycles. The van der Waals surface area contributed by atoms with E-state index in [1.54, 1.807) is 0 Å². The predicted molar refractivity (Wildman–Crippen MR) is 77.4 cm³/mol. The van der Waals surface area contributed by atoms with Crippen LogP contribution >= 0.6 is 0 Å². The Morgan fingerprint density at radius 3 is 2.67 bits per heavy atom. The van der Waals surface area contributed by atoms with E-state index in [4.69, 9.17) is 10.5 Å². The summed E-state index contributed by atoms with van der Waals surface area (Å²) in [4.78, 5) is 22.6. The van der Waals surface area contributed by atoms with Gasteiger partial charge in [0.2, 0.25) is 0 Å². The quantitative estimate of drug-likeness (QED) is 0.633. The van der Waals surface area contributed by atoms with Gasteiger partial charge in [-0.1, -0.05) is 12.8 Å². The van der Waals surface area contributed by atoms with E-state index in [0.29, 0.717) is 12.1 Å². The largest absolute Gasteiger partial charge is 0.490 e. The second-order valence-electron chi connectivity index (χ2n) is 5.29. The summed E-state index contributed by atoms with van der Waals surface area (Å²) in [6.07, 6.45) is 3.81. The highest BCUT2D eigenvalue weighted by atomic mass is 16.6. The Bertz CT molecular complexity index is 553. The number of benzene rings is 1. The number of hydrogen-bond acceptors (Lipinski definition) is 5. The van der Waals surface area contributed by atoms with Crippen LogP contribution in [-0.2, 0) is 0 Å². The third kappa shape index (κ3) is 3.13. The second-order valence-corrected chi connectivity index (χ2v) is 5.29. The van der Waals surface area contributed by atoms with Crippen LogP contribution in [0.25, 0.3) is 0 Å². The maximum absolute atomic E-state index is 12.3. The standard InChI is InChI=1S/C14H19N3O4/c1-21-12-8-10(4-5-11(12)17(19)20)13(18)16-14(9-15)6-2-3-7-14/h4-5,8H,2-3,6-7,9,15H2,1H3,(H,16,18). The molecule has 0 atom stereocenters. The molecule has 21 heavy (non-hydrogen) atoms. The van der Waals surface area contributed by atoms with E-state index in [9.17, 15) is 14.9 Å². The van der Waals surface area contributed by atoms with Crippen LogP contribution in [0.5, 0.6) is 5.75 Å². The first-order valence-electron chi connectivity index (χ1n) is 6.86. The summed E-state index contributed by atoms with van der Waals surface area (Å²) in [5.41, 5.74) is 5.60. The molecule has 1 aromatic rings. The van der Waals surface area contributed by atoms with E-state index in [0.717, 1.165) is 25.7 Å². The molecule has 3 N–H and O–H groups in total. The van der Waals surface area contributed by atoms with Crippen LogP contribution in [0.4, 0.5) is 5.69 Å². The highest BCUT2D eigenvalue weighted by Gasteiger charge is 2.34. The maximum atomic E-state index is 12.3. The molecule has 1 saturated carbocycles. The molecule has 0 heterocycles. The fourth-order valence-electron chi connectivity index (χ4n) is 2.71. The van der Waals surface area contributed by atoms with E-state index in [2.05, 4.69) is 5.32 Å². The lowest BCUT2D eigenvalue weighted by Crippen LogP contribution is -2.51. The van der Waals surface area contributed by atoms with Gasteiger partial charge in [0.25, 0.3) is 5.91 Å². The van der Waals surface area contributed by atoms with Gasteiger partial charge in [0.15, 0.2) is 5.75 Å². The lowest BCUT2D eigenvalue weighted by Gasteiger charge is -2.28. The third-order valence-electron chi connectivity index (χ3n) is 3.97. The van der Waals surface area contributed by atoms with Crippen molar-refractivity contribution < 1.29 is 14.5 Å². The van der Waals surface area contributed by atoms with E-state index in [1.165, 1.54) is 25.3 Å². The first-order valence-corrected chi connectivity index (χ1v) is 6.86. The lowest BCUT2D eigenvalue weighted by molar-refractivity contribution is -0.385. The minimum absolute atomic E-state index is 0.0703. The highest BCUT2D eigenvalue weighted by molar-refractivity contribution is 5.95. The zero-order chi connectivity index (χ0) is 15.5. The van der Waals surface area contributed by atoms with Crippen LogP contribution in [0.3, 0.4) is 0 Å².